The molecule has 0 N–H and O–H groups in total. The average Bonchev–Trinajstić information content (AvgIpc) is 2.19. The molecule has 0 heterocycles. The summed E-state index contributed by atoms with van der Waals surface area (Å²) in [5, 5.41) is 10.5. The second-order valence-electron chi connectivity index (χ2n) is 3.02. The van der Waals surface area contributed by atoms with Gasteiger partial charge in [-0.15, -0.1) is 0 Å². The van der Waals surface area contributed by atoms with Gasteiger partial charge >= 0.3 is 0 Å². The number of methoxy groups -OCH3 is 1. The SMILES string of the molecule is COCCCc1cccc([N+](=O)[O-])c1. The van der Waals surface area contributed by atoms with E-state index in [1.54, 1.807) is 19.2 Å². The summed E-state index contributed by atoms with van der Waals surface area (Å²) in [6.45, 7) is 0.683. The molecule has 0 amide bonds. The minimum atomic E-state index is -0.375. The molecule has 1 aromatic carbocycles. The van der Waals surface area contributed by atoms with Gasteiger partial charge in [0.25, 0.3) is 5.69 Å². The van der Waals surface area contributed by atoms with Gasteiger partial charge in [-0.2, -0.15) is 0 Å². The van der Waals surface area contributed by atoms with E-state index >= 15 is 0 Å². The number of hydrogen-bond donors (Lipinski definition) is 0. The van der Waals surface area contributed by atoms with Crippen molar-refractivity contribution < 1.29 is 9.66 Å². The summed E-state index contributed by atoms with van der Waals surface area (Å²) in [7, 11) is 1.65. The Bertz CT molecular complexity index is 312. The Morgan fingerprint density at radius 2 is 2.29 bits per heavy atom. The maximum Gasteiger partial charge on any atom is 0.269 e. The largest absolute Gasteiger partial charge is 0.385 e. The number of hydrogen-bond acceptors (Lipinski definition) is 3. The lowest BCUT2D eigenvalue weighted by Crippen LogP contribution is -1.94. The van der Waals surface area contributed by atoms with Crippen LogP contribution in [0, 0.1) is 10.1 Å². The molecule has 4 heteroatoms. The predicted molar refractivity (Wildman–Crippen MR) is 53.3 cm³/mol. The van der Waals surface area contributed by atoms with Crippen LogP contribution in [-0.2, 0) is 11.2 Å². The lowest BCUT2D eigenvalue weighted by atomic mass is 10.1. The van der Waals surface area contributed by atoms with Crippen molar-refractivity contribution in [3.63, 3.8) is 0 Å². The first-order valence-electron chi connectivity index (χ1n) is 4.46. The third-order valence-corrected chi connectivity index (χ3v) is 1.94. The smallest absolute Gasteiger partial charge is 0.269 e. The van der Waals surface area contributed by atoms with Crippen LogP contribution in [0.5, 0.6) is 0 Å². The number of rotatable bonds is 5. The number of nitro benzene ring substituents is 1. The van der Waals surface area contributed by atoms with E-state index in [-0.39, 0.29) is 10.6 Å². The van der Waals surface area contributed by atoms with Crippen LogP contribution in [0.2, 0.25) is 0 Å². The zero-order valence-electron chi connectivity index (χ0n) is 8.10. The van der Waals surface area contributed by atoms with Crippen molar-refractivity contribution in [2.24, 2.45) is 0 Å². The second-order valence-corrected chi connectivity index (χ2v) is 3.02. The van der Waals surface area contributed by atoms with Gasteiger partial charge in [0.05, 0.1) is 4.92 Å². The van der Waals surface area contributed by atoms with E-state index in [1.807, 2.05) is 6.07 Å². The van der Waals surface area contributed by atoms with Crippen molar-refractivity contribution >= 4 is 5.69 Å². The number of nitro groups is 1. The third kappa shape index (κ3) is 3.14. The molecule has 0 aliphatic rings. The molecule has 0 bridgehead atoms. The molecule has 0 aliphatic carbocycles. The summed E-state index contributed by atoms with van der Waals surface area (Å²) in [6, 6.07) is 6.71. The Labute approximate surface area is 82.7 Å². The van der Waals surface area contributed by atoms with Crippen molar-refractivity contribution in [1.29, 1.82) is 0 Å². The van der Waals surface area contributed by atoms with Gasteiger partial charge in [0, 0.05) is 25.8 Å². The molecule has 4 nitrogen and oxygen atoms in total. The monoisotopic (exact) mass is 195 g/mol. The fraction of sp³-hybridized carbons (Fsp3) is 0.400. The summed E-state index contributed by atoms with van der Waals surface area (Å²) >= 11 is 0. The van der Waals surface area contributed by atoms with Crippen LogP contribution >= 0.6 is 0 Å². The molecule has 1 rings (SSSR count). The minimum absolute atomic E-state index is 0.153. The van der Waals surface area contributed by atoms with Crippen molar-refractivity contribution in [2.75, 3.05) is 13.7 Å². The van der Waals surface area contributed by atoms with Crippen LogP contribution in [0.3, 0.4) is 0 Å². The van der Waals surface area contributed by atoms with Gasteiger partial charge in [-0.25, -0.2) is 0 Å². The fourth-order valence-electron chi connectivity index (χ4n) is 1.25. The summed E-state index contributed by atoms with van der Waals surface area (Å²) in [5.74, 6) is 0. The molecule has 0 aliphatic heterocycles. The number of benzene rings is 1. The Morgan fingerprint density at radius 3 is 2.93 bits per heavy atom. The van der Waals surface area contributed by atoms with E-state index in [9.17, 15) is 10.1 Å². The molecule has 0 fully saturated rings. The third-order valence-electron chi connectivity index (χ3n) is 1.94. The second kappa shape index (κ2) is 5.34. The molecular weight excluding hydrogens is 182 g/mol. The van der Waals surface area contributed by atoms with E-state index in [2.05, 4.69) is 0 Å². The lowest BCUT2D eigenvalue weighted by Gasteiger charge is -2.00. The van der Waals surface area contributed by atoms with Crippen molar-refractivity contribution in [2.45, 2.75) is 12.8 Å². The van der Waals surface area contributed by atoms with Gasteiger partial charge < -0.3 is 4.74 Å². The van der Waals surface area contributed by atoms with Gasteiger partial charge in [0.15, 0.2) is 0 Å². The Balaban J connectivity index is 2.59. The lowest BCUT2D eigenvalue weighted by molar-refractivity contribution is -0.384. The fourth-order valence-corrected chi connectivity index (χ4v) is 1.25. The predicted octanol–water partition coefficient (Wildman–Crippen LogP) is 2.17. The maximum atomic E-state index is 10.5. The molecule has 1 aromatic rings. The van der Waals surface area contributed by atoms with Crippen molar-refractivity contribution in [1.82, 2.24) is 0 Å². The van der Waals surface area contributed by atoms with Crippen LogP contribution in [0.4, 0.5) is 5.69 Å². The number of ether oxygens (including phenoxy) is 1. The normalized spacial score (nSPS) is 10.1. The summed E-state index contributed by atoms with van der Waals surface area (Å²) < 4.78 is 4.91. The summed E-state index contributed by atoms with van der Waals surface area (Å²) in [5.41, 5.74) is 1.14. The van der Waals surface area contributed by atoms with Crippen molar-refractivity contribution in [3.05, 3.63) is 39.9 Å². The van der Waals surface area contributed by atoms with Gasteiger partial charge in [-0.05, 0) is 18.4 Å². The van der Waals surface area contributed by atoms with E-state index in [4.69, 9.17) is 4.74 Å². The van der Waals surface area contributed by atoms with Crippen LogP contribution in [0.25, 0.3) is 0 Å². The Morgan fingerprint density at radius 1 is 1.50 bits per heavy atom. The topological polar surface area (TPSA) is 52.4 Å². The van der Waals surface area contributed by atoms with Crippen LogP contribution in [0.15, 0.2) is 24.3 Å². The highest BCUT2D eigenvalue weighted by Gasteiger charge is 2.04. The summed E-state index contributed by atoms with van der Waals surface area (Å²) in [6.07, 6.45) is 1.70. The van der Waals surface area contributed by atoms with E-state index in [1.165, 1.54) is 6.07 Å². The van der Waals surface area contributed by atoms with Gasteiger partial charge in [-0.3, -0.25) is 10.1 Å². The molecule has 14 heavy (non-hydrogen) atoms. The van der Waals surface area contributed by atoms with Crippen LogP contribution in [0.1, 0.15) is 12.0 Å². The number of aryl methyl sites for hydroxylation is 1. The van der Waals surface area contributed by atoms with Gasteiger partial charge in [0.2, 0.25) is 0 Å². The molecule has 76 valence electrons. The molecule has 0 aromatic heterocycles. The first-order chi connectivity index (χ1) is 6.74. The molecule has 0 saturated heterocycles. The average molecular weight is 195 g/mol. The van der Waals surface area contributed by atoms with Gasteiger partial charge in [-0.1, -0.05) is 12.1 Å². The van der Waals surface area contributed by atoms with Gasteiger partial charge in [0.1, 0.15) is 0 Å². The first kappa shape index (κ1) is 10.7. The number of non-ortho nitro benzene ring substituents is 1. The highest BCUT2D eigenvalue weighted by molar-refractivity contribution is 5.34. The Kier molecular flexibility index (Phi) is 4.07. The minimum Gasteiger partial charge on any atom is -0.385 e. The van der Waals surface area contributed by atoms with Crippen LogP contribution in [-0.4, -0.2) is 18.6 Å². The molecular formula is C10H13NO3. The standard InChI is InChI=1S/C10H13NO3/c1-14-7-3-5-9-4-2-6-10(8-9)11(12)13/h2,4,6,8H,3,5,7H2,1H3. The molecule has 0 saturated carbocycles. The highest BCUT2D eigenvalue weighted by atomic mass is 16.6. The molecule has 0 unspecified atom stereocenters. The number of nitrogens with zero attached hydrogens (tertiary/aromatic N) is 1. The highest BCUT2D eigenvalue weighted by Crippen LogP contribution is 2.14. The Hall–Kier alpha value is -1.42. The van der Waals surface area contributed by atoms with Crippen molar-refractivity contribution in [3.8, 4) is 0 Å². The summed E-state index contributed by atoms with van der Waals surface area (Å²) in [4.78, 5) is 10.1. The molecule has 0 radical (unpaired) electrons. The molecule has 0 spiro atoms. The molecule has 0 atom stereocenters. The van der Waals surface area contributed by atoms with E-state index < -0.39 is 0 Å². The quantitative estimate of drug-likeness (QED) is 0.411. The van der Waals surface area contributed by atoms with E-state index in [0.717, 1.165) is 18.4 Å². The van der Waals surface area contributed by atoms with Crippen LogP contribution < -0.4 is 0 Å². The van der Waals surface area contributed by atoms with E-state index in [0.29, 0.717) is 6.61 Å². The zero-order chi connectivity index (χ0) is 10.4. The zero-order valence-corrected chi connectivity index (χ0v) is 8.10. The first-order valence-corrected chi connectivity index (χ1v) is 4.46. The maximum absolute atomic E-state index is 10.5.